The lowest BCUT2D eigenvalue weighted by Gasteiger charge is -2.34. The van der Waals surface area contributed by atoms with Crippen molar-refractivity contribution in [1.82, 2.24) is 9.78 Å². The lowest BCUT2D eigenvalue weighted by Crippen LogP contribution is -2.40. The maximum absolute atomic E-state index is 10.7. The predicted molar refractivity (Wildman–Crippen MR) is 75.8 cm³/mol. The second kappa shape index (κ2) is 4.62. The highest BCUT2D eigenvalue weighted by Crippen LogP contribution is 2.32. The van der Waals surface area contributed by atoms with E-state index in [9.17, 15) is 5.11 Å². The highest BCUT2D eigenvalue weighted by atomic mass is 16.3. The number of rotatable bonds is 2. The fourth-order valence-electron chi connectivity index (χ4n) is 3.09. The van der Waals surface area contributed by atoms with Gasteiger partial charge < -0.3 is 10.8 Å². The molecule has 0 unspecified atom stereocenters. The number of benzene rings is 1. The molecule has 1 heterocycles. The van der Waals surface area contributed by atoms with Crippen molar-refractivity contribution >= 4 is 10.9 Å². The quantitative estimate of drug-likeness (QED) is 0.863. The van der Waals surface area contributed by atoms with Crippen molar-refractivity contribution in [3.63, 3.8) is 0 Å². The number of fused-ring (bicyclic) bond motifs is 1. The average Bonchev–Trinajstić information content (AvgIpc) is 2.71. The minimum atomic E-state index is -0.632. The smallest absolute Gasteiger partial charge is 0.0731 e. The van der Waals surface area contributed by atoms with Crippen molar-refractivity contribution in [2.24, 2.45) is 12.8 Å². The van der Waals surface area contributed by atoms with Crippen LogP contribution in [-0.2, 0) is 13.5 Å². The molecule has 1 aromatic heterocycles. The highest BCUT2D eigenvalue weighted by Gasteiger charge is 2.33. The topological polar surface area (TPSA) is 64.1 Å². The molecule has 1 aliphatic rings. The summed E-state index contributed by atoms with van der Waals surface area (Å²) in [5.41, 5.74) is 7.40. The first-order valence-electron chi connectivity index (χ1n) is 6.96. The molecule has 1 saturated carbocycles. The average molecular weight is 259 g/mol. The van der Waals surface area contributed by atoms with Gasteiger partial charge >= 0.3 is 0 Å². The van der Waals surface area contributed by atoms with Crippen LogP contribution in [0.5, 0.6) is 0 Å². The van der Waals surface area contributed by atoms with Crippen molar-refractivity contribution in [2.75, 3.05) is 0 Å². The maximum Gasteiger partial charge on any atom is 0.0731 e. The van der Waals surface area contributed by atoms with Crippen molar-refractivity contribution in [3.8, 4) is 0 Å². The summed E-state index contributed by atoms with van der Waals surface area (Å²) in [6, 6.07) is 8.43. The van der Waals surface area contributed by atoms with Crippen LogP contribution in [0.2, 0.25) is 0 Å². The summed E-state index contributed by atoms with van der Waals surface area (Å²) < 4.78 is 1.89. The van der Waals surface area contributed by atoms with E-state index in [0.29, 0.717) is 6.42 Å². The van der Waals surface area contributed by atoms with Crippen LogP contribution < -0.4 is 5.73 Å². The van der Waals surface area contributed by atoms with Gasteiger partial charge in [-0.15, -0.1) is 0 Å². The van der Waals surface area contributed by atoms with E-state index in [4.69, 9.17) is 5.73 Å². The minimum absolute atomic E-state index is 0.251. The fraction of sp³-hybridized carbons (Fsp3) is 0.533. The van der Waals surface area contributed by atoms with Gasteiger partial charge in [-0.05, 0) is 31.7 Å². The molecule has 1 fully saturated rings. The molecule has 0 spiro atoms. The molecule has 4 heteroatoms. The Labute approximate surface area is 113 Å². The first-order valence-corrected chi connectivity index (χ1v) is 6.96. The number of aliphatic hydroxyl groups is 1. The fourth-order valence-corrected chi connectivity index (χ4v) is 3.09. The molecule has 0 atom stereocenters. The molecule has 1 aliphatic carbocycles. The molecule has 1 aromatic carbocycles. The molecule has 2 aromatic rings. The zero-order chi connectivity index (χ0) is 13.5. The first-order chi connectivity index (χ1) is 9.07. The number of para-hydroxylation sites is 1. The van der Waals surface area contributed by atoms with Gasteiger partial charge in [0.15, 0.2) is 0 Å². The van der Waals surface area contributed by atoms with Crippen molar-refractivity contribution in [2.45, 2.75) is 43.7 Å². The summed E-state index contributed by atoms with van der Waals surface area (Å²) in [4.78, 5) is 0. The Morgan fingerprint density at radius 2 is 2.05 bits per heavy atom. The van der Waals surface area contributed by atoms with Gasteiger partial charge in [0.2, 0.25) is 0 Å². The number of hydrogen-bond acceptors (Lipinski definition) is 3. The Kier molecular flexibility index (Phi) is 3.07. The third-order valence-corrected chi connectivity index (χ3v) is 4.29. The normalized spacial score (nSPS) is 27.8. The maximum atomic E-state index is 10.7. The first kappa shape index (κ1) is 12.6. The molecule has 0 aliphatic heterocycles. The van der Waals surface area contributed by atoms with E-state index in [-0.39, 0.29) is 6.04 Å². The van der Waals surface area contributed by atoms with Crippen LogP contribution in [0.4, 0.5) is 0 Å². The minimum Gasteiger partial charge on any atom is -0.389 e. The van der Waals surface area contributed by atoms with E-state index in [1.54, 1.807) is 0 Å². The highest BCUT2D eigenvalue weighted by molar-refractivity contribution is 5.81. The van der Waals surface area contributed by atoms with E-state index in [0.717, 1.165) is 42.3 Å². The lowest BCUT2D eigenvalue weighted by atomic mass is 9.79. The second-order valence-electron chi connectivity index (χ2n) is 5.83. The second-order valence-corrected chi connectivity index (χ2v) is 5.83. The Hall–Kier alpha value is -1.39. The van der Waals surface area contributed by atoms with Crippen LogP contribution in [0.25, 0.3) is 10.9 Å². The van der Waals surface area contributed by atoms with Crippen molar-refractivity contribution < 1.29 is 5.11 Å². The van der Waals surface area contributed by atoms with Gasteiger partial charge in [0.05, 0.1) is 16.8 Å². The van der Waals surface area contributed by atoms with Crippen LogP contribution in [0.3, 0.4) is 0 Å². The van der Waals surface area contributed by atoms with E-state index >= 15 is 0 Å². The molecule has 102 valence electrons. The Bertz CT molecular complexity index is 582. The van der Waals surface area contributed by atoms with Gasteiger partial charge in [0, 0.05) is 24.9 Å². The number of aryl methyl sites for hydroxylation is 1. The number of nitrogens with two attached hydrogens (primary N) is 1. The van der Waals surface area contributed by atoms with Crippen molar-refractivity contribution in [3.05, 3.63) is 30.0 Å². The summed E-state index contributed by atoms with van der Waals surface area (Å²) in [6.07, 6.45) is 3.99. The molecular weight excluding hydrogens is 238 g/mol. The van der Waals surface area contributed by atoms with Crippen molar-refractivity contribution in [1.29, 1.82) is 0 Å². The Morgan fingerprint density at radius 1 is 1.37 bits per heavy atom. The van der Waals surface area contributed by atoms with E-state index in [1.807, 2.05) is 23.9 Å². The molecule has 0 bridgehead atoms. The van der Waals surface area contributed by atoms with Crippen LogP contribution in [0.1, 0.15) is 31.4 Å². The number of hydrogen-bond donors (Lipinski definition) is 2. The van der Waals surface area contributed by atoms with Crippen LogP contribution in [0.15, 0.2) is 24.3 Å². The van der Waals surface area contributed by atoms with Gasteiger partial charge in [-0.3, -0.25) is 4.68 Å². The molecule has 4 nitrogen and oxygen atoms in total. The standard InChI is InChI=1S/C15H21N3O/c1-18-14-5-3-2-4-12(14)13(17-18)10-15(19)8-6-11(16)7-9-15/h2-5,11,19H,6-10,16H2,1H3. The van der Waals surface area contributed by atoms with Gasteiger partial charge in [0.25, 0.3) is 0 Å². The predicted octanol–water partition coefficient (Wildman–Crippen LogP) is 1.75. The zero-order valence-corrected chi connectivity index (χ0v) is 11.3. The molecule has 0 amide bonds. The van der Waals surface area contributed by atoms with E-state index < -0.39 is 5.60 Å². The monoisotopic (exact) mass is 259 g/mol. The molecule has 3 N–H and O–H groups in total. The van der Waals surface area contributed by atoms with Crippen LogP contribution in [-0.4, -0.2) is 26.5 Å². The molecule has 3 rings (SSSR count). The van der Waals surface area contributed by atoms with Crippen LogP contribution in [0, 0.1) is 0 Å². The lowest BCUT2D eigenvalue weighted by molar-refractivity contribution is -0.000419. The molecule has 0 saturated heterocycles. The summed E-state index contributed by atoms with van der Waals surface area (Å²) in [6.45, 7) is 0. The Balaban J connectivity index is 1.89. The van der Waals surface area contributed by atoms with Crippen LogP contribution >= 0.6 is 0 Å². The number of nitrogens with zero attached hydrogens (tertiary/aromatic N) is 2. The SMILES string of the molecule is Cn1nc(CC2(O)CCC(N)CC2)c2ccccc21. The molecular formula is C15H21N3O. The summed E-state index contributed by atoms with van der Waals surface area (Å²) in [7, 11) is 1.95. The van der Waals surface area contributed by atoms with E-state index in [2.05, 4.69) is 17.2 Å². The summed E-state index contributed by atoms with van der Waals surface area (Å²) in [5.74, 6) is 0. The summed E-state index contributed by atoms with van der Waals surface area (Å²) in [5, 5.41) is 16.4. The van der Waals surface area contributed by atoms with Gasteiger partial charge in [-0.1, -0.05) is 18.2 Å². The molecule has 0 radical (unpaired) electrons. The Morgan fingerprint density at radius 3 is 2.79 bits per heavy atom. The summed E-state index contributed by atoms with van der Waals surface area (Å²) >= 11 is 0. The van der Waals surface area contributed by atoms with E-state index in [1.165, 1.54) is 0 Å². The largest absolute Gasteiger partial charge is 0.389 e. The third kappa shape index (κ3) is 2.38. The van der Waals surface area contributed by atoms with Gasteiger partial charge in [-0.25, -0.2) is 0 Å². The van der Waals surface area contributed by atoms with Gasteiger partial charge in [0.1, 0.15) is 0 Å². The third-order valence-electron chi connectivity index (χ3n) is 4.29. The van der Waals surface area contributed by atoms with Gasteiger partial charge in [-0.2, -0.15) is 5.10 Å². The molecule has 19 heavy (non-hydrogen) atoms. The number of aromatic nitrogens is 2. The zero-order valence-electron chi connectivity index (χ0n) is 11.3.